The van der Waals surface area contributed by atoms with Gasteiger partial charge in [0, 0.05) is 38.6 Å². The van der Waals surface area contributed by atoms with Crippen molar-refractivity contribution in [2.45, 2.75) is 25.8 Å². The molecule has 1 saturated heterocycles. The second-order valence-corrected chi connectivity index (χ2v) is 4.88. The fourth-order valence-corrected chi connectivity index (χ4v) is 2.62. The van der Waals surface area contributed by atoms with Crippen molar-refractivity contribution in [1.29, 1.82) is 0 Å². The van der Waals surface area contributed by atoms with Gasteiger partial charge in [-0.2, -0.15) is 0 Å². The molecular weight excluding hydrogens is 289 g/mol. The van der Waals surface area contributed by atoms with Crippen LogP contribution in [0.2, 0.25) is 0 Å². The van der Waals surface area contributed by atoms with Crippen LogP contribution in [0.1, 0.15) is 23.6 Å². The number of piperazine rings is 1. The maximum Gasteiger partial charge on any atom is 0.240 e. The van der Waals surface area contributed by atoms with E-state index in [9.17, 15) is 13.2 Å². The number of halogens is 4. The summed E-state index contributed by atoms with van der Waals surface area (Å²) in [6, 6.07) is 4.32. The Bertz CT molecular complexity index is 423. The summed E-state index contributed by atoms with van der Waals surface area (Å²) in [5.74, 6) is -0.327. The quantitative estimate of drug-likeness (QED) is 0.919. The first-order chi connectivity index (χ1) is 9.09. The van der Waals surface area contributed by atoms with Crippen molar-refractivity contribution >= 4 is 12.4 Å². The third-order valence-electron chi connectivity index (χ3n) is 3.66. The van der Waals surface area contributed by atoms with Crippen LogP contribution in [0, 0.1) is 12.7 Å². The standard InChI is InChI=1S/C14H19F3N2.ClH/c1-10-11(3-2-4-12(10)15)13(9-14(16)17)19-7-5-18-6-8-19;/h2-4,13-14,18H,5-9H2,1H3;1H/t13-;/m1./s1. The third kappa shape index (κ3) is 4.11. The van der Waals surface area contributed by atoms with Crippen molar-refractivity contribution in [3.63, 3.8) is 0 Å². The molecule has 1 aromatic carbocycles. The summed E-state index contributed by atoms with van der Waals surface area (Å²) in [6.45, 7) is 4.66. The molecule has 1 fully saturated rings. The first kappa shape index (κ1) is 17.3. The lowest BCUT2D eigenvalue weighted by atomic mass is 9.96. The van der Waals surface area contributed by atoms with Gasteiger partial charge in [0.25, 0.3) is 0 Å². The van der Waals surface area contributed by atoms with Crippen LogP contribution in [-0.4, -0.2) is 37.5 Å². The summed E-state index contributed by atoms with van der Waals surface area (Å²) < 4.78 is 39.3. The summed E-state index contributed by atoms with van der Waals surface area (Å²) in [6.07, 6.45) is -2.63. The average Bonchev–Trinajstić information content (AvgIpc) is 2.40. The van der Waals surface area contributed by atoms with E-state index in [0.717, 1.165) is 13.1 Å². The molecule has 2 nitrogen and oxygen atoms in total. The van der Waals surface area contributed by atoms with Crippen molar-refractivity contribution in [2.75, 3.05) is 26.2 Å². The Balaban J connectivity index is 0.00000200. The summed E-state index contributed by atoms with van der Waals surface area (Å²) in [4.78, 5) is 2.02. The Labute approximate surface area is 123 Å². The fourth-order valence-electron chi connectivity index (χ4n) is 2.62. The monoisotopic (exact) mass is 308 g/mol. The second kappa shape index (κ2) is 7.86. The van der Waals surface area contributed by atoms with Crippen LogP contribution in [0.25, 0.3) is 0 Å². The molecule has 114 valence electrons. The Morgan fingerprint density at radius 3 is 2.50 bits per heavy atom. The normalized spacial score (nSPS) is 17.9. The van der Waals surface area contributed by atoms with Crippen LogP contribution < -0.4 is 5.32 Å². The molecule has 0 bridgehead atoms. The minimum absolute atomic E-state index is 0. The van der Waals surface area contributed by atoms with E-state index in [4.69, 9.17) is 0 Å². The number of hydrogen-bond donors (Lipinski definition) is 1. The zero-order valence-electron chi connectivity index (χ0n) is 11.4. The maximum atomic E-state index is 13.6. The molecule has 0 spiro atoms. The van der Waals surface area contributed by atoms with Crippen molar-refractivity contribution in [3.8, 4) is 0 Å². The highest BCUT2D eigenvalue weighted by molar-refractivity contribution is 5.85. The molecule has 1 heterocycles. The van der Waals surface area contributed by atoms with E-state index >= 15 is 0 Å². The number of benzene rings is 1. The smallest absolute Gasteiger partial charge is 0.240 e. The topological polar surface area (TPSA) is 15.3 Å². The number of nitrogens with one attached hydrogen (secondary N) is 1. The summed E-state index contributed by atoms with van der Waals surface area (Å²) in [5.41, 5.74) is 1.16. The lowest BCUT2D eigenvalue weighted by molar-refractivity contribution is 0.0735. The van der Waals surface area contributed by atoms with Gasteiger partial charge in [0.1, 0.15) is 5.82 Å². The summed E-state index contributed by atoms with van der Waals surface area (Å²) in [5, 5.41) is 3.20. The van der Waals surface area contributed by atoms with E-state index in [1.54, 1.807) is 19.1 Å². The van der Waals surface area contributed by atoms with Crippen LogP contribution in [0.15, 0.2) is 18.2 Å². The molecule has 0 aliphatic carbocycles. The van der Waals surface area contributed by atoms with Gasteiger partial charge in [-0.05, 0) is 24.1 Å². The molecule has 2 rings (SSSR count). The first-order valence-corrected chi connectivity index (χ1v) is 6.57. The molecule has 20 heavy (non-hydrogen) atoms. The van der Waals surface area contributed by atoms with Crippen molar-refractivity contribution in [1.82, 2.24) is 10.2 Å². The van der Waals surface area contributed by atoms with E-state index in [1.165, 1.54) is 6.07 Å². The van der Waals surface area contributed by atoms with Crippen LogP contribution in [0.4, 0.5) is 13.2 Å². The number of rotatable bonds is 4. The SMILES string of the molecule is Cc1c(F)cccc1[C@@H](CC(F)F)N1CCNCC1.Cl. The number of hydrogen-bond acceptors (Lipinski definition) is 2. The molecule has 0 unspecified atom stereocenters. The van der Waals surface area contributed by atoms with Crippen molar-refractivity contribution in [2.24, 2.45) is 0 Å². The van der Waals surface area contributed by atoms with Crippen molar-refractivity contribution < 1.29 is 13.2 Å². The first-order valence-electron chi connectivity index (χ1n) is 6.57. The van der Waals surface area contributed by atoms with Crippen LogP contribution >= 0.6 is 12.4 Å². The van der Waals surface area contributed by atoms with Crippen molar-refractivity contribution in [3.05, 3.63) is 35.1 Å². The molecule has 0 radical (unpaired) electrons. The average molecular weight is 309 g/mol. The van der Waals surface area contributed by atoms with Gasteiger partial charge in [0.2, 0.25) is 6.43 Å². The minimum atomic E-state index is -2.39. The van der Waals surface area contributed by atoms with E-state index in [2.05, 4.69) is 5.32 Å². The van der Waals surface area contributed by atoms with Gasteiger partial charge in [-0.1, -0.05) is 12.1 Å². The molecular formula is C14H20ClF3N2. The molecule has 6 heteroatoms. The van der Waals surface area contributed by atoms with Gasteiger partial charge in [0.15, 0.2) is 0 Å². The van der Waals surface area contributed by atoms with Crippen LogP contribution in [0.5, 0.6) is 0 Å². The van der Waals surface area contributed by atoms with Crippen LogP contribution in [0.3, 0.4) is 0 Å². The highest BCUT2D eigenvalue weighted by Gasteiger charge is 2.27. The Kier molecular flexibility index (Phi) is 6.79. The molecule has 0 aromatic heterocycles. The van der Waals surface area contributed by atoms with Gasteiger partial charge in [-0.25, -0.2) is 13.2 Å². The largest absolute Gasteiger partial charge is 0.314 e. The third-order valence-corrected chi connectivity index (χ3v) is 3.66. The zero-order chi connectivity index (χ0) is 13.8. The lowest BCUT2D eigenvalue weighted by Gasteiger charge is -2.35. The Morgan fingerprint density at radius 2 is 1.90 bits per heavy atom. The van der Waals surface area contributed by atoms with Gasteiger partial charge >= 0.3 is 0 Å². The minimum Gasteiger partial charge on any atom is -0.314 e. The molecule has 0 saturated carbocycles. The maximum absolute atomic E-state index is 13.6. The number of alkyl halides is 2. The predicted molar refractivity (Wildman–Crippen MR) is 76.2 cm³/mol. The molecule has 1 aliphatic heterocycles. The van der Waals surface area contributed by atoms with E-state index in [0.29, 0.717) is 24.2 Å². The Hall–Kier alpha value is -0.780. The molecule has 1 aromatic rings. The van der Waals surface area contributed by atoms with Gasteiger partial charge in [0.05, 0.1) is 0 Å². The molecule has 1 N–H and O–H groups in total. The summed E-state index contributed by atoms with van der Waals surface area (Å²) >= 11 is 0. The second-order valence-electron chi connectivity index (χ2n) is 4.88. The van der Waals surface area contributed by atoms with Crippen LogP contribution in [-0.2, 0) is 0 Å². The Morgan fingerprint density at radius 1 is 1.25 bits per heavy atom. The van der Waals surface area contributed by atoms with Gasteiger partial charge < -0.3 is 5.32 Å². The highest BCUT2D eigenvalue weighted by atomic mass is 35.5. The predicted octanol–water partition coefficient (Wildman–Crippen LogP) is 3.16. The molecule has 1 atom stereocenters. The lowest BCUT2D eigenvalue weighted by Crippen LogP contribution is -2.45. The summed E-state index contributed by atoms with van der Waals surface area (Å²) in [7, 11) is 0. The zero-order valence-corrected chi connectivity index (χ0v) is 12.2. The number of nitrogens with zero attached hydrogens (tertiary/aromatic N) is 1. The van der Waals surface area contributed by atoms with Gasteiger partial charge in [-0.3, -0.25) is 4.90 Å². The molecule has 0 amide bonds. The van der Waals surface area contributed by atoms with E-state index in [-0.39, 0.29) is 24.6 Å². The molecule has 1 aliphatic rings. The van der Waals surface area contributed by atoms with E-state index in [1.807, 2.05) is 4.90 Å². The van der Waals surface area contributed by atoms with Gasteiger partial charge in [-0.15, -0.1) is 12.4 Å². The fraction of sp³-hybridized carbons (Fsp3) is 0.571. The highest BCUT2D eigenvalue weighted by Crippen LogP contribution is 2.30. The van der Waals surface area contributed by atoms with E-state index < -0.39 is 12.5 Å².